The lowest BCUT2D eigenvalue weighted by atomic mass is 10.1. The molecule has 0 aliphatic heterocycles. The highest BCUT2D eigenvalue weighted by Gasteiger charge is 2.10. The second-order valence-electron chi connectivity index (χ2n) is 3.92. The van der Waals surface area contributed by atoms with E-state index in [0.717, 1.165) is 12.4 Å². The van der Waals surface area contributed by atoms with Gasteiger partial charge in [-0.25, -0.2) is 4.98 Å². The van der Waals surface area contributed by atoms with Crippen LogP contribution in [0.1, 0.15) is 12.7 Å². The van der Waals surface area contributed by atoms with E-state index in [-0.39, 0.29) is 36.6 Å². The number of aryl methyl sites for hydroxylation is 1. The van der Waals surface area contributed by atoms with Gasteiger partial charge in [-0.15, -0.1) is 24.8 Å². The van der Waals surface area contributed by atoms with Gasteiger partial charge in [0, 0.05) is 37.9 Å². The number of nitrogens with zero attached hydrogens (tertiary/aromatic N) is 2. The van der Waals surface area contributed by atoms with Crippen LogP contribution in [0.25, 0.3) is 0 Å². The predicted octanol–water partition coefficient (Wildman–Crippen LogP) is 1.01. The Morgan fingerprint density at radius 3 is 2.67 bits per heavy atom. The molecule has 18 heavy (non-hydrogen) atoms. The molecule has 0 fully saturated rings. The van der Waals surface area contributed by atoms with Crippen LogP contribution >= 0.6 is 24.8 Å². The Bertz CT molecular complexity index is 344. The van der Waals surface area contributed by atoms with Crippen molar-refractivity contribution in [2.45, 2.75) is 20.4 Å². The van der Waals surface area contributed by atoms with Gasteiger partial charge in [-0.3, -0.25) is 4.79 Å². The smallest absolute Gasteiger partial charge is 0.224 e. The van der Waals surface area contributed by atoms with Gasteiger partial charge in [0.2, 0.25) is 5.91 Å². The summed E-state index contributed by atoms with van der Waals surface area (Å²) in [6.07, 6.45) is 3.68. The standard InChI is InChI=1S/C11H20N4O.2ClH/c1-9(8-12-3)11(16)14-5-7-15-6-4-13-10(15)2;;/h4,6,9,12H,5,7-8H2,1-3H3,(H,14,16);2*1H. The van der Waals surface area contributed by atoms with Gasteiger partial charge < -0.3 is 15.2 Å². The highest BCUT2D eigenvalue weighted by atomic mass is 35.5. The van der Waals surface area contributed by atoms with Crippen molar-refractivity contribution in [3.8, 4) is 0 Å². The van der Waals surface area contributed by atoms with Crippen molar-refractivity contribution in [1.82, 2.24) is 20.2 Å². The van der Waals surface area contributed by atoms with Crippen molar-refractivity contribution in [3.05, 3.63) is 18.2 Å². The van der Waals surface area contributed by atoms with Gasteiger partial charge in [0.1, 0.15) is 5.82 Å². The molecule has 1 aromatic rings. The predicted molar refractivity (Wildman–Crippen MR) is 77.6 cm³/mol. The molecule has 1 heterocycles. The molecule has 1 amide bonds. The van der Waals surface area contributed by atoms with E-state index >= 15 is 0 Å². The molecule has 1 rings (SSSR count). The van der Waals surface area contributed by atoms with Gasteiger partial charge in [-0.05, 0) is 14.0 Å². The minimum absolute atomic E-state index is 0. The lowest BCUT2D eigenvalue weighted by Crippen LogP contribution is -2.36. The van der Waals surface area contributed by atoms with E-state index in [1.807, 2.05) is 31.7 Å². The van der Waals surface area contributed by atoms with Crippen LogP contribution in [0, 0.1) is 12.8 Å². The number of carbonyl (C=O) groups is 1. The van der Waals surface area contributed by atoms with E-state index in [1.165, 1.54) is 0 Å². The number of hydrogen-bond acceptors (Lipinski definition) is 3. The molecule has 7 heteroatoms. The van der Waals surface area contributed by atoms with Crippen LogP contribution in [-0.4, -0.2) is 35.6 Å². The van der Waals surface area contributed by atoms with Crippen LogP contribution in [0.15, 0.2) is 12.4 Å². The average molecular weight is 297 g/mol. The molecule has 0 saturated carbocycles. The third kappa shape index (κ3) is 6.23. The van der Waals surface area contributed by atoms with E-state index in [0.29, 0.717) is 13.1 Å². The second kappa shape index (κ2) is 10.2. The summed E-state index contributed by atoms with van der Waals surface area (Å²) in [4.78, 5) is 15.7. The maximum Gasteiger partial charge on any atom is 0.224 e. The van der Waals surface area contributed by atoms with E-state index < -0.39 is 0 Å². The zero-order valence-corrected chi connectivity index (χ0v) is 12.6. The van der Waals surface area contributed by atoms with Gasteiger partial charge in [0.15, 0.2) is 0 Å². The molecule has 0 aromatic carbocycles. The molecule has 2 N–H and O–H groups in total. The van der Waals surface area contributed by atoms with Crippen LogP contribution in [0.5, 0.6) is 0 Å². The number of aromatic nitrogens is 2. The van der Waals surface area contributed by atoms with Gasteiger partial charge in [0.05, 0.1) is 0 Å². The van der Waals surface area contributed by atoms with Crippen molar-refractivity contribution in [3.63, 3.8) is 0 Å². The first-order valence-electron chi connectivity index (χ1n) is 5.55. The summed E-state index contributed by atoms with van der Waals surface area (Å²) >= 11 is 0. The Morgan fingerprint density at radius 2 is 2.17 bits per heavy atom. The molecule has 0 aliphatic carbocycles. The zero-order valence-electron chi connectivity index (χ0n) is 11.0. The number of rotatable bonds is 6. The van der Waals surface area contributed by atoms with Gasteiger partial charge in [0.25, 0.3) is 0 Å². The Hall–Kier alpha value is -0.780. The number of nitrogens with one attached hydrogen (secondary N) is 2. The Balaban J connectivity index is 0. The van der Waals surface area contributed by atoms with E-state index in [4.69, 9.17) is 0 Å². The molecular weight excluding hydrogens is 275 g/mol. The number of carbonyl (C=O) groups excluding carboxylic acids is 1. The summed E-state index contributed by atoms with van der Waals surface area (Å²) in [5.41, 5.74) is 0. The molecule has 0 saturated heterocycles. The fraction of sp³-hybridized carbons (Fsp3) is 0.636. The van der Waals surface area contributed by atoms with Gasteiger partial charge in [-0.1, -0.05) is 6.92 Å². The monoisotopic (exact) mass is 296 g/mol. The van der Waals surface area contributed by atoms with E-state index in [2.05, 4.69) is 15.6 Å². The van der Waals surface area contributed by atoms with Crippen molar-refractivity contribution in [1.29, 1.82) is 0 Å². The highest BCUT2D eigenvalue weighted by molar-refractivity contribution is 5.85. The summed E-state index contributed by atoms with van der Waals surface area (Å²) in [5, 5.41) is 5.89. The molecule has 1 unspecified atom stereocenters. The third-order valence-electron chi connectivity index (χ3n) is 2.53. The van der Waals surface area contributed by atoms with Crippen molar-refractivity contribution in [2.75, 3.05) is 20.1 Å². The minimum Gasteiger partial charge on any atom is -0.354 e. The lowest BCUT2D eigenvalue weighted by molar-refractivity contribution is -0.124. The first-order valence-corrected chi connectivity index (χ1v) is 5.55. The SMILES string of the molecule is CNCC(C)C(=O)NCCn1ccnc1C.Cl.Cl. The summed E-state index contributed by atoms with van der Waals surface area (Å²) in [5.74, 6) is 1.07. The maximum atomic E-state index is 11.6. The maximum absolute atomic E-state index is 11.6. The number of hydrogen-bond donors (Lipinski definition) is 2. The van der Waals surface area contributed by atoms with Crippen molar-refractivity contribution < 1.29 is 4.79 Å². The quantitative estimate of drug-likeness (QED) is 0.824. The summed E-state index contributed by atoms with van der Waals surface area (Å²) in [6.45, 7) is 5.98. The number of halogens is 2. The molecule has 1 aromatic heterocycles. The highest BCUT2D eigenvalue weighted by Crippen LogP contribution is 1.95. The first-order chi connectivity index (χ1) is 7.65. The summed E-state index contributed by atoms with van der Waals surface area (Å²) in [6, 6.07) is 0. The number of imidazole rings is 1. The van der Waals surface area contributed by atoms with Crippen LogP contribution in [0.4, 0.5) is 0 Å². The molecule has 106 valence electrons. The molecule has 0 spiro atoms. The van der Waals surface area contributed by atoms with Crippen molar-refractivity contribution in [2.24, 2.45) is 5.92 Å². The zero-order chi connectivity index (χ0) is 12.0. The van der Waals surface area contributed by atoms with E-state index in [9.17, 15) is 4.79 Å². The molecule has 0 bridgehead atoms. The van der Waals surface area contributed by atoms with Crippen molar-refractivity contribution >= 4 is 30.7 Å². The normalized spacial score (nSPS) is 11.1. The molecule has 1 atom stereocenters. The second-order valence-corrected chi connectivity index (χ2v) is 3.92. The van der Waals surface area contributed by atoms with Crippen LogP contribution in [0.3, 0.4) is 0 Å². The minimum atomic E-state index is 0. The van der Waals surface area contributed by atoms with Crippen LogP contribution in [0.2, 0.25) is 0 Å². The average Bonchev–Trinajstić information content (AvgIpc) is 2.65. The van der Waals surface area contributed by atoms with E-state index in [1.54, 1.807) is 6.20 Å². The first kappa shape index (κ1) is 19.6. The lowest BCUT2D eigenvalue weighted by Gasteiger charge is -2.12. The topological polar surface area (TPSA) is 59.0 Å². The summed E-state index contributed by atoms with van der Waals surface area (Å²) < 4.78 is 2.02. The Morgan fingerprint density at radius 1 is 1.50 bits per heavy atom. The largest absolute Gasteiger partial charge is 0.354 e. The molecule has 0 radical (unpaired) electrons. The molecular formula is C11H22Cl2N4O. The van der Waals surface area contributed by atoms with Crippen LogP contribution < -0.4 is 10.6 Å². The molecule has 0 aliphatic rings. The fourth-order valence-corrected chi connectivity index (χ4v) is 1.51. The van der Waals surface area contributed by atoms with Gasteiger partial charge in [-0.2, -0.15) is 0 Å². The third-order valence-corrected chi connectivity index (χ3v) is 2.53. The van der Waals surface area contributed by atoms with Gasteiger partial charge >= 0.3 is 0 Å². The summed E-state index contributed by atoms with van der Waals surface area (Å²) in [7, 11) is 1.85. The molecule has 5 nitrogen and oxygen atoms in total. The fourth-order valence-electron chi connectivity index (χ4n) is 1.51. The van der Waals surface area contributed by atoms with Crippen LogP contribution in [-0.2, 0) is 11.3 Å². The Kier molecular flexibility index (Phi) is 11.1. The number of amides is 1. The Labute approximate surface area is 121 Å².